The Balaban J connectivity index is 1.99. The van der Waals surface area contributed by atoms with Gasteiger partial charge in [0.15, 0.2) is 5.96 Å². The lowest BCUT2D eigenvalue weighted by Crippen LogP contribution is -2.38. The molecule has 2 N–H and O–H groups in total. The third-order valence-corrected chi connectivity index (χ3v) is 3.18. The molecule has 0 atom stereocenters. The summed E-state index contributed by atoms with van der Waals surface area (Å²) in [6, 6.07) is 8.06. The van der Waals surface area contributed by atoms with E-state index in [1.807, 2.05) is 18.2 Å². The second kappa shape index (κ2) is 6.96. The summed E-state index contributed by atoms with van der Waals surface area (Å²) in [4.78, 5) is 4.16. The number of ether oxygens (including phenoxy) is 1. The fourth-order valence-electron chi connectivity index (χ4n) is 2.05. The predicted molar refractivity (Wildman–Crippen MR) is 81.0 cm³/mol. The second-order valence-corrected chi connectivity index (χ2v) is 4.49. The van der Waals surface area contributed by atoms with Gasteiger partial charge in [-0.2, -0.15) is 0 Å². The molecule has 2 rings (SSSR count). The van der Waals surface area contributed by atoms with Gasteiger partial charge in [0.05, 0.1) is 13.2 Å². The van der Waals surface area contributed by atoms with Gasteiger partial charge >= 0.3 is 0 Å². The maximum absolute atomic E-state index is 5.85. The molecule has 20 heavy (non-hydrogen) atoms. The van der Waals surface area contributed by atoms with Crippen LogP contribution in [0.15, 0.2) is 33.7 Å². The van der Waals surface area contributed by atoms with Crippen LogP contribution in [0, 0.1) is 6.92 Å². The van der Waals surface area contributed by atoms with Gasteiger partial charge < -0.3 is 19.8 Å². The van der Waals surface area contributed by atoms with Crippen LogP contribution in [0.2, 0.25) is 0 Å². The second-order valence-electron chi connectivity index (χ2n) is 4.49. The van der Waals surface area contributed by atoms with E-state index in [2.05, 4.69) is 28.6 Å². The zero-order valence-corrected chi connectivity index (χ0v) is 12.2. The average Bonchev–Trinajstić information content (AvgIpc) is 2.80. The van der Waals surface area contributed by atoms with E-state index < -0.39 is 0 Å². The van der Waals surface area contributed by atoms with Crippen molar-refractivity contribution in [3.63, 3.8) is 0 Å². The molecule has 0 bridgehead atoms. The average molecular weight is 275 g/mol. The highest BCUT2D eigenvalue weighted by Crippen LogP contribution is 2.24. The van der Waals surface area contributed by atoms with Crippen LogP contribution in [0.5, 0.6) is 0 Å². The number of aryl methyl sites for hydroxylation is 1. The molecule has 5 nitrogen and oxygen atoms in total. The summed E-state index contributed by atoms with van der Waals surface area (Å²) in [6.45, 7) is 4.04. The summed E-state index contributed by atoms with van der Waals surface area (Å²) in [6.07, 6.45) is 0. The maximum Gasteiger partial charge on any atom is 0.191 e. The summed E-state index contributed by atoms with van der Waals surface area (Å²) in [5.41, 5.74) is 2.09. The van der Waals surface area contributed by atoms with Crippen molar-refractivity contribution < 1.29 is 9.15 Å². The van der Waals surface area contributed by atoms with E-state index in [-0.39, 0.29) is 0 Å². The van der Waals surface area contributed by atoms with Gasteiger partial charge in [-0.1, -0.05) is 18.2 Å². The molecule has 0 amide bonds. The number of hydrogen-bond donors (Lipinski definition) is 2. The third-order valence-electron chi connectivity index (χ3n) is 3.18. The Morgan fingerprint density at radius 3 is 2.80 bits per heavy atom. The zero-order chi connectivity index (χ0) is 14.4. The SMILES string of the molecule is CN=C(NCCOC)NCc1oc2ccccc2c1C. The molecule has 0 fully saturated rings. The minimum Gasteiger partial charge on any atom is -0.459 e. The van der Waals surface area contributed by atoms with Gasteiger partial charge in [-0.3, -0.25) is 4.99 Å². The summed E-state index contributed by atoms with van der Waals surface area (Å²) in [5, 5.41) is 7.56. The molecule has 0 aliphatic rings. The quantitative estimate of drug-likeness (QED) is 0.498. The smallest absolute Gasteiger partial charge is 0.191 e. The molecule has 0 aliphatic carbocycles. The Hall–Kier alpha value is -2.01. The van der Waals surface area contributed by atoms with Crippen molar-refractivity contribution in [3.8, 4) is 0 Å². The molecule has 1 heterocycles. The molecule has 0 spiro atoms. The van der Waals surface area contributed by atoms with E-state index in [0.29, 0.717) is 13.2 Å². The highest BCUT2D eigenvalue weighted by Gasteiger charge is 2.09. The van der Waals surface area contributed by atoms with Crippen LogP contribution in [0.3, 0.4) is 0 Å². The minimum absolute atomic E-state index is 0.604. The topological polar surface area (TPSA) is 58.8 Å². The molecular formula is C15H21N3O2. The molecular weight excluding hydrogens is 254 g/mol. The number of guanidine groups is 1. The lowest BCUT2D eigenvalue weighted by molar-refractivity contribution is 0.203. The van der Waals surface area contributed by atoms with Crippen molar-refractivity contribution in [2.24, 2.45) is 4.99 Å². The number of benzene rings is 1. The molecule has 1 aromatic heterocycles. The van der Waals surface area contributed by atoms with Gasteiger partial charge in [0.2, 0.25) is 0 Å². The van der Waals surface area contributed by atoms with Crippen LogP contribution in [0.1, 0.15) is 11.3 Å². The summed E-state index contributed by atoms with van der Waals surface area (Å²) >= 11 is 0. The van der Waals surface area contributed by atoms with Crippen LogP contribution in [-0.4, -0.2) is 33.3 Å². The van der Waals surface area contributed by atoms with E-state index >= 15 is 0 Å². The van der Waals surface area contributed by atoms with E-state index in [4.69, 9.17) is 9.15 Å². The number of hydrogen-bond acceptors (Lipinski definition) is 3. The first-order valence-corrected chi connectivity index (χ1v) is 6.66. The Morgan fingerprint density at radius 2 is 2.10 bits per heavy atom. The van der Waals surface area contributed by atoms with Crippen molar-refractivity contribution >= 4 is 16.9 Å². The first kappa shape index (κ1) is 14.4. The van der Waals surface area contributed by atoms with Gasteiger partial charge in [0.1, 0.15) is 11.3 Å². The fourth-order valence-corrected chi connectivity index (χ4v) is 2.05. The molecule has 5 heteroatoms. The number of nitrogens with zero attached hydrogens (tertiary/aromatic N) is 1. The predicted octanol–water partition coefficient (Wildman–Crippen LogP) is 2.05. The van der Waals surface area contributed by atoms with E-state index in [0.717, 1.165) is 29.2 Å². The van der Waals surface area contributed by atoms with E-state index in [9.17, 15) is 0 Å². The number of methoxy groups -OCH3 is 1. The highest BCUT2D eigenvalue weighted by atomic mass is 16.5. The lowest BCUT2D eigenvalue weighted by Gasteiger charge is -2.10. The van der Waals surface area contributed by atoms with Gasteiger partial charge in [0.25, 0.3) is 0 Å². The van der Waals surface area contributed by atoms with Crippen LogP contribution in [-0.2, 0) is 11.3 Å². The minimum atomic E-state index is 0.604. The number of aliphatic imine (C=N–C) groups is 1. The number of rotatable bonds is 5. The number of fused-ring (bicyclic) bond motifs is 1. The Bertz CT molecular complexity index is 590. The Morgan fingerprint density at radius 1 is 1.30 bits per heavy atom. The monoisotopic (exact) mass is 275 g/mol. The van der Waals surface area contributed by atoms with E-state index in [1.54, 1.807) is 14.2 Å². The van der Waals surface area contributed by atoms with Crippen molar-refractivity contribution in [1.82, 2.24) is 10.6 Å². The van der Waals surface area contributed by atoms with Crippen LogP contribution < -0.4 is 10.6 Å². The molecule has 2 aromatic rings. The van der Waals surface area contributed by atoms with Crippen molar-refractivity contribution in [2.75, 3.05) is 27.3 Å². The lowest BCUT2D eigenvalue weighted by atomic mass is 10.1. The fraction of sp³-hybridized carbons (Fsp3) is 0.400. The van der Waals surface area contributed by atoms with Crippen molar-refractivity contribution in [1.29, 1.82) is 0 Å². The zero-order valence-electron chi connectivity index (χ0n) is 12.2. The summed E-state index contributed by atoms with van der Waals surface area (Å²) in [7, 11) is 3.42. The van der Waals surface area contributed by atoms with Crippen LogP contribution in [0.25, 0.3) is 11.0 Å². The molecule has 0 saturated heterocycles. The molecule has 0 saturated carbocycles. The number of nitrogens with one attached hydrogen (secondary N) is 2. The first-order chi connectivity index (χ1) is 9.76. The third kappa shape index (κ3) is 3.30. The Labute approximate surface area is 119 Å². The van der Waals surface area contributed by atoms with Crippen molar-refractivity contribution in [2.45, 2.75) is 13.5 Å². The van der Waals surface area contributed by atoms with Gasteiger partial charge in [-0.05, 0) is 13.0 Å². The van der Waals surface area contributed by atoms with Gasteiger partial charge in [-0.25, -0.2) is 0 Å². The largest absolute Gasteiger partial charge is 0.459 e. The summed E-state index contributed by atoms with van der Waals surface area (Å²) < 4.78 is 10.8. The van der Waals surface area contributed by atoms with Crippen molar-refractivity contribution in [3.05, 3.63) is 35.6 Å². The standard InChI is InChI=1S/C15H21N3O2/c1-11-12-6-4-5-7-13(12)20-14(11)10-18-15(16-2)17-8-9-19-3/h4-7H,8-10H2,1-3H3,(H2,16,17,18). The van der Waals surface area contributed by atoms with Gasteiger partial charge in [0, 0.05) is 31.7 Å². The molecule has 0 radical (unpaired) electrons. The van der Waals surface area contributed by atoms with Crippen LogP contribution >= 0.6 is 0 Å². The molecule has 108 valence electrons. The normalized spacial score (nSPS) is 11.8. The van der Waals surface area contributed by atoms with Crippen LogP contribution in [0.4, 0.5) is 0 Å². The van der Waals surface area contributed by atoms with E-state index in [1.165, 1.54) is 5.56 Å². The Kier molecular flexibility index (Phi) is 5.01. The molecule has 1 aromatic carbocycles. The highest BCUT2D eigenvalue weighted by molar-refractivity contribution is 5.82. The first-order valence-electron chi connectivity index (χ1n) is 6.66. The molecule has 0 unspecified atom stereocenters. The maximum atomic E-state index is 5.85. The number of para-hydroxylation sites is 1. The van der Waals surface area contributed by atoms with Gasteiger partial charge in [-0.15, -0.1) is 0 Å². The number of furan rings is 1. The molecule has 0 aliphatic heterocycles. The summed E-state index contributed by atoms with van der Waals surface area (Å²) in [5.74, 6) is 1.67.